The van der Waals surface area contributed by atoms with Gasteiger partial charge in [0.1, 0.15) is 6.10 Å². The highest BCUT2D eigenvalue weighted by atomic mass is 16.5. The fourth-order valence-corrected chi connectivity index (χ4v) is 3.76. The number of rotatable bonds is 3. The van der Waals surface area contributed by atoms with E-state index in [1.165, 1.54) is 0 Å². The van der Waals surface area contributed by atoms with E-state index in [0.29, 0.717) is 32.4 Å². The van der Waals surface area contributed by atoms with E-state index in [9.17, 15) is 14.7 Å². The number of carboxylic acid groups (broad SMARTS) is 1. The number of amides is 1. The molecular weight excluding hydrogens is 306 g/mol. The molecule has 1 aromatic rings. The first-order chi connectivity index (χ1) is 11.4. The first-order valence-electron chi connectivity index (χ1n) is 8.59. The summed E-state index contributed by atoms with van der Waals surface area (Å²) in [6.07, 6.45) is 1.59. The van der Waals surface area contributed by atoms with Crippen LogP contribution in [-0.2, 0) is 14.3 Å². The Balaban J connectivity index is 1.74. The Morgan fingerprint density at radius 3 is 2.46 bits per heavy atom. The van der Waals surface area contributed by atoms with Gasteiger partial charge in [0.2, 0.25) is 5.91 Å². The molecule has 5 heteroatoms. The Morgan fingerprint density at radius 2 is 1.83 bits per heavy atom. The number of hydrogen-bond donors (Lipinski definition) is 1. The molecular formula is C19H25NO4. The zero-order chi connectivity index (χ0) is 17.3. The summed E-state index contributed by atoms with van der Waals surface area (Å²) in [7, 11) is 0. The predicted molar refractivity (Wildman–Crippen MR) is 89.4 cm³/mol. The van der Waals surface area contributed by atoms with Crippen molar-refractivity contribution < 1.29 is 19.4 Å². The van der Waals surface area contributed by atoms with Gasteiger partial charge < -0.3 is 14.7 Å². The molecule has 2 fully saturated rings. The van der Waals surface area contributed by atoms with Crippen molar-refractivity contribution in [3.63, 3.8) is 0 Å². The van der Waals surface area contributed by atoms with Crippen molar-refractivity contribution in [2.24, 2.45) is 11.8 Å². The molecule has 1 heterocycles. The van der Waals surface area contributed by atoms with Crippen molar-refractivity contribution >= 4 is 11.9 Å². The SMILES string of the molecule is CC1(C)COC(c2ccccc2)CN1C(=O)[C@@H]1CC[C@H](C(=O)O)C1. The molecule has 5 nitrogen and oxygen atoms in total. The number of carboxylic acids is 1. The van der Waals surface area contributed by atoms with E-state index in [-0.39, 0.29) is 29.4 Å². The highest BCUT2D eigenvalue weighted by Crippen LogP contribution is 2.37. The molecule has 1 amide bonds. The second-order valence-electron chi connectivity index (χ2n) is 7.52. The fourth-order valence-electron chi connectivity index (χ4n) is 3.76. The third kappa shape index (κ3) is 3.31. The lowest BCUT2D eigenvalue weighted by molar-refractivity contribution is -0.159. The van der Waals surface area contributed by atoms with E-state index >= 15 is 0 Å². The Bertz CT molecular complexity index is 613. The van der Waals surface area contributed by atoms with Crippen LogP contribution in [0.1, 0.15) is 44.8 Å². The van der Waals surface area contributed by atoms with Crippen LogP contribution in [0.15, 0.2) is 30.3 Å². The van der Waals surface area contributed by atoms with Gasteiger partial charge in [0.15, 0.2) is 0 Å². The maximum absolute atomic E-state index is 13.0. The molecule has 1 unspecified atom stereocenters. The molecule has 1 aliphatic heterocycles. The van der Waals surface area contributed by atoms with Crippen LogP contribution in [-0.4, -0.2) is 40.6 Å². The van der Waals surface area contributed by atoms with Crippen LogP contribution in [0.25, 0.3) is 0 Å². The Morgan fingerprint density at radius 1 is 1.17 bits per heavy atom. The molecule has 1 aliphatic carbocycles. The van der Waals surface area contributed by atoms with Crippen LogP contribution in [0, 0.1) is 11.8 Å². The molecule has 0 radical (unpaired) electrons. The normalized spacial score (nSPS) is 29.4. The Kier molecular flexibility index (Phi) is 4.63. The van der Waals surface area contributed by atoms with Gasteiger partial charge in [-0.05, 0) is 38.7 Å². The third-order valence-electron chi connectivity index (χ3n) is 5.29. The highest BCUT2D eigenvalue weighted by molar-refractivity contribution is 5.81. The maximum Gasteiger partial charge on any atom is 0.306 e. The first kappa shape index (κ1) is 17.0. The number of hydrogen-bond acceptors (Lipinski definition) is 3. The predicted octanol–water partition coefficient (Wildman–Crippen LogP) is 2.87. The van der Waals surface area contributed by atoms with E-state index in [4.69, 9.17) is 4.74 Å². The number of ether oxygens (including phenoxy) is 1. The first-order valence-corrected chi connectivity index (χ1v) is 8.59. The van der Waals surface area contributed by atoms with Crippen molar-refractivity contribution in [2.45, 2.75) is 44.8 Å². The molecule has 2 aliphatic rings. The van der Waals surface area contributed by atoms with Gasteiger partial charge in [-0.1, -0.05) is 30.3 Å². The molecule has 24 heavy (non-hydrogen) atoms. The zero-order valence-corrected chi connectivity index (χ0v) is 14.3. The minimum Gasteiger partial charge on any atom is -0.481 e. The average Bonchev–Trinajstić information content (AvgIpc) is 3.05. The summed E-state index contributed by atoms with van der Waals surface area (Å²) in [6, 6.07) is 9.94. The van der Waals surface area contributed by atoms with E-state index in [0.717, 1.165) is 5.56 Å². The van der Waals surface area contributed by atoms with Gasteiger partial charge >= 0.3 is 5.97 Å². The summed E-state index contributed by atoms with van der Waals surface area (Å²) in [5.41, 5.74) is 0.699. The largest absolute Gasteiger partial charge is 0.481 e. The zero-order valence-electron chi connectivity index (χ0n) is 14.3. The molecule has 1 saturated heterocycles. The molecule has 1 aromatic carbocycles. The molecule has 1 N–H and O–H groups in total. The third-order valence-corrected chi connectivity index (χ3v) is 5.29. The summed E-state index contributed by atoms with van der Waals surface area (Å²) in [5.74, 6) is -1.27. The van der Waals surface area contributed by atoms with Crippen LogP contribution in [0.4, 0.5) is 0 Å². The van der Waals surface area contributed by atoms with Crippen LogP contribution in [0.5, 0.6) is 0 Å². The van der Waals surface area contributed by atoms with Gasteiger partial charge in [0.25, 0.3) is 0 Å². The molecule has 0 aromatic heterocycles. The van der Waals surface area contributed by atoms with Crippen molar-refractivity contribution in [1.82, 2.24) is 4.90 Å². The lowest BCUT2D eigenvalue weighted by atomic mass is 9.94. The lowest BCUT2D eigenvalue weighted by Gasteiger charge is -2.46. The van der Waals surface area contributed by atoms with E-state index < -0.39 is 5.97 Å². The van der Waals surface area contributed by atoms with Crippen LogP contribution >= 0.6 is 0 Å². The van der Waals surface area contributed by atoms with Crippen molar-refractivity contribution in [1.29, 1.82) is 0 Å². The second-order valence-corrected chi connectivity index (χ2v) is 7.52. The van der Waals surface area contributed by atoms with Crippen molar-refractivity contribution in [2.75, 3.05) is 13.2 Å². The number of carbonyl (C=O) groups is 2. The van der Waals surface area contributed by atoms with Gasteiger partial charge in [0.05, 0.1) is 24.6 Å². The van der Waals surface area contributed by atoms with E-state index in [1.54, 1.807) is 0 Å². The number of nitrogens with zero attached hydrogens (tertiary/aromatic N) is 1. The standard InChI is InChI=1S/C19H25NO4/c1-19(2)12-24-16(13-6-4-3-5-7-13)11-20(19)17(21)14-8-9-15(10-14)18(22)23/h3-7,14-16H,8-12H2,1-2H3,(H,22,23)/t14-,15+,16?/m1/s1. The number of aliphatic carboxylic acids is 1. The summed E-state index contributed by atoms with van der Waals surface area (Å²) < 4.78 is 5.99. The second kappa shape index (κ2) is 6.55. The minimum atomic E-state index is -0.784. The topological polar surface area (TPSA) is 66.8 Å². The lowest BCUT2D eigenvalue weighted by Crippen LogP contribution is -2.57. The highest BCUT2D eigenvalue weighted by Gasteiger charge is 2.43. The summed E-state index contributed by atoms with van der Waals surface area (Å²) >= 11 is 0. The Labute approximate surface area is 142 Å². The van der Waals surface area contributed by atoms with Crippen LogP contribution < -0.4 is 0 Å². The summed E-state index contributed by atoms with van der Waals surface area (Å²) in [4.78, 5) is 26.1. The van der Waals surface area contributed by atoms with Crippen LogP contribution in [0.3, 0.4) is 0 Å². The monoisotopic (exact) mass is 331 g/mol. The average molecular weight is 331 g/mol. The van der Waals surface area contributed by atoms with Gasteiger partial charge in [-0.15, -0.1) is 0 Å². The van der Waals surface area contributed by atoms with Gasteiger partial charge in [-0.25, -0.2) is 0 Å². The van der Waals surface area contributed by atoms with E-state index in [2.05, 4.69) is 0 Å². The molecule has 130 valence electrons. The summed E-state index contributed by atoms with van der Waals surface area (Å²) in [6.45, 7) is 5.02. The van der Waals surface area contributed by atoms with Gasteiger partial charge in [-0.2, -0.15) is 0 Å². The molecule has 1 saturated carbocycles. The molecule has 3 rings (SSSR count). The van der Waals surface area contributed by atoms with Crippen molar-refractivity contribution in [3.05, 3.63) is 35.9 Å². The quantitative estimate of drug-likeness (QED) is 0.925. The molecule has 0 bridgehead atoms. The summed E-state index contributed by atoms with van der Waals surface area (Å²) in [5, 5.41) is 9.17. The minimum absolute atomic E-state index is 0.0768. The molecule has 3 atom stereocenters. The molecule has 0 spiro atoms. The number of benzene rings is 1. The van der Waals surface area contributed by atoms with Gasteiger partial charge in [-0.3, -0.25) is 9.59 Å². The number of morpholine rings is 1. The number of carbonyl (C=O) groups excluding carboxylic acids is 1. The van der Waals surface area contributed by atoms with Gasteiger partial charge in [0, 0.05) is 5.92 Å². The maximum atomic E-state index is 13.0. The Hall–Kier alpha value is -1.88. The van der Waals surface area contributed by atoms with E-state index in [1.807, 2.05) is 49.1 Å². The van der Waals surface area contributed by atoms with Crippen LogP contribution in [0.2, 0.25) is 0 Å². The fraction of sp³-hybridized carbons (Fsp3) is 0.579. The van der Waals surface area contributed by atoms with Crippen molar-refractivity contribution in [3.8, 4) is 0 Å². The smallest absolute Gasteiger partial charge is 0.306 e.